The Bertz CT molecular complexity index is 180. The molecule has 4 nitrogen and oxygen atoms in total. The highest BCUT2D eigenvalue weighted by Crippen LogP contribution is 2.08. The average molecular weight is 244 g/mol. The Hall–Kier alpha value is -0.610. The number of carbonyl (C=O) groups is 1. The molecule has 0 rings (SSSR count). The minimum absolute atomic E-state index is 0.0673. The number of aliphatic hydroxyl groups is 1. The molecule has 102 valence electrons. The second kappa shape index (κ2) is 11.9. The lowest BCUT2D eigenvalue weighted by atomic mass is 10.0. The number of aliphatic hydroxyl groups excluding tert-OH is 1. The summed E-state index contributed by atoms with van der Waals surface area (Å²) in [4.78, 5) is 11.4. The second-order valence-corrected chi connectivity index (χ2v) is 4.50. The topological polar surface area (TPSA) is 61.4 Å². The van der Waals surface area contributed by atoms with Gasteiger partial charge in [0.1, 0.15) is 0 Å². The Kier molecular flexibility index (Phi) is 11.4. The van der Waals surface area contributed by atoms with Crippen molar-refractivity contribution in [2.45, 2.75) is 46.0 Å². The first-order valence-corrected chi connectivity index (χ1v) is 6.82. The third-order valence-electron chi connectivity index (χ3n) is 2.81. The number of nitrogens with one attached hydrogen (secondary N) is 2. The van der Waals surface area contributed by atoms with E-state index in [9.17, 15) is 4.79 Å². The Morgan fingerprint density at radius 2 is 2.00 bits per heavy atom. The molecule has 1 amide bonds. The fraction of sp³-hybridized carbons (Fsp3) is 0.923. The van der Waals surface area contributed by atoms with Crippen molar-refractivity contribution in [2.24, 2.45) is 5.92 Å². The maximum atomic E-state index is 11.4. The van der Waals surface area contributed by atoms with Crippen LogP contribution in [0.25, 0.3) is 0 Å². The summed E-state index contributed by atoms with van der Waals surface area (Å²) in [6.07, 6.45) is 5.18. The Labute approximate surface area is 105 Å². The van der Waals surface area contributed by atoms with Gasteiger partial charge in [-0.1, -0.05) is 26.7 Å². The summed E-state index contributed by atoms with van der Waals surface area (Å²) in [5.74, 6) is 0.547. The highest BCUT2D eigenvalue weighted by atomic mass is 16.3. The van der Waals surface area contributed by atoms with Crippen molar-refractivity contribution in [2.75, 3.05) is 26.2 Å². The van der Waals surface area contributed by atoms with E-state index in [1.807, 2.05) is 0 Å². The van der Waals surface area contributed by atoms with Gasteiger partial charge in [-0.2, -0.15) is 0 Å². The number of carbonyl (C=O) groups excluding carboxylic acids is 1. The zero-order valence-electron chi connectivity index (χ0n) is 11.3. The molecular weight excluding hydrogens is 216 g/mol. The molecule has 0 aliphatic heterocycles. The van der Waals surface area contributed by atoms with Gasteiger partial charge in [-0.3, -0.25) is 4.79 Å². The molecule has 4 heteroatoms. The molecule has 0 aromatic carbocycles. The molecule has 0 radical (unpaired) electrons. The van der Waals surface area contributed by atoms with Crippen LogP contribution in [0.2, 0.25) is 0 Å². The summed E-state index contributed by atoms with van der Waals surface area (Å²) >= 11 is 0. The summed E-state index contributed by atoms with van der Waals surface area (Å²) in [7, 11) is 0. The van der Waals surface area contributed by atoms with E-state index < -0.39 is 0 Å². The van der Waals surface area contributed by atoms with Crippen molar-refractivity contribution < 1.29 is 9.90 Å². The highest BCUT2D eigenvalue weighted by molar-refractivity contribution is 5.77. The maximum Gasteiger partial charge on any atom is 0.233 e. The third kappa shape index (κ3) is 10.3. The van der Waals surface area contributed by atoms with E-state index in [4.69, 9.17) is 5.11 Å². The van der Waals surface area contributed by atoms with Crippen molar-refractivity contribution >= 4 is 5.91 Å². The van der Waals surface area contributed by atoms with Crippen LogP contribution in [-0.4, -0.2) is 37.3 Å². The van der Waals surface area contributed by atoms with Gasteiger partial charge >= 0.3 is 0 Å². The van der Waals surface area contributed by atoms with Crippen LogP contribution in [0.3, 0.4) is 0 Å². The van der Waals surface area contributed by atoms with Crippen LogP contribution in [0.5, 0.6) is 0 Å². The number of hydrogen-bond acceptors (Lipinski definition) is 3. The molecule has 0 aromatic heterocycles. The lowest BCUT2D eigenvalue weighted by Crippen LogP contribution is -2.36. The molecule has 0 fully saturated rings. The van der Waals surface area contributed by atoms with E-state index in [1.54, 1.807) is 0 Å². The molecule has 0 saturated heterocycles. The van der Waals surface area contributed by atoms with E-state index in [0.29, 0.717) is 12.5 Å². The molecule has 0 saturated carbocycles. The van der Waals surface area contributed by atoms with Crippen molar-refractivity contribution in [3.63, 3.8) is 0 Å². The Morgan fingerprint density at radius 3 is 2.59 bits per heavy atom. The standard InChI is InChI=1S/C13H28N2O2/c1-3-5-8-15-13(17)11-14-10-12(6-4-2)7-9-16/h12,14,16H,3-11H2,1-2H3,(H,15,17). The molecule has 0 aliphatic rings. The molecular formula is C13H28N2O2. The minimum atomic E-state index is 0.0673. The number of rotatable bonds is 11. The van der Waals surface area contributed by atoms with Crippen LogP contribution in [0, 0.1) is 5.92 Å². The molecule has 3 N–H and O–H groups in total. The smallest absolute Gasteiger partial charge is 0.233 e. The van der Waals surface area contributed by atoms with Gasteiger partial charge in [0.2, 0.25) is 5.91 Å². The summed E-state index contributed by atoms with van der Waals surface area (Å²) in [5, 5.41) is 14.9. The maximum absolute atomic E-state index is 11.4. The van der Waals surface area contributed by atoms with Crippen LogP contribution in [-0.2, 0) is 4.79 Å². The largest absolute Gasteiger partial charge is 0.396 e. The number of unbranched alkanes of at least 4 members (excludes halogenated alkanes) is 1. The van der Waals surface area contributed by atoms with Crippen molar-refractivity contribution in [3.8, 4) is 0 Å². The molecule has 1 unspecified atom stereocenters. The highest BCUT2D eigenvalue weighted by Gasteiger charge is 2.07. The average Bonchev–Trinajstić information content (AvgIpc) is 2.30. The monoisotopic (exact) mass is 244 g/mol. The molecule has 0 aromatic rings. The first-order valence-electron chi connectivity index (χ1n) is 6.82. The molecule has 0 spiro atoms. The van der Waals surface area contributed by atoms with Gasteiger partial charge in [0.25, 0.3) is 0 Å². The van der Waals surface area contributed by atoms with Gasteiger partial charge in [0.15, 0.2) is 0 Å². The summed E-state index contributed by atoms with van der Waals surface area (Å²) in [5.41, 5.74) is 0. The van der Waals surface area contributed by atoms with Crippen LogP contribution in [0.1, 0.15) is 46.0 Å². The lowest BCUT2D eigenvalue weighted by Gasteiger charge is -2.15. The molecule has 0 aliphatic carbocycles. The Morgan fingerprint density at radius 1 is 1.24 bits per heavy atom. The van der Waals surface area contributed by atoms with E-state index >= 15 is 0 Å². The van der Waals surface area contributed by atoms with Crippen LogP contribution >= 0.6 is 0 Å². The third-order valence-corrected chi connectivity index (χ3v) is 2.81. The molecule has 17 heavy (non-hydrogen) atoms. The van der Waals surface area contributed by atoms with Crippen LogP contribution < -0.4 is 10.6 Å². The molecule has 0 bridgehead atoms. The van der Waals surface area contributed by atoms with E-state index in [0.717, 1.165) is 45.2 Å². The van der Waals surface area contributed by atoms with Gasteiger partial charge in [-0.15, -0.1) is 0 Å². The van der Waals surface area contributed by atoms with Gasteiger partial charge < -0.3 is 15.7 Å². The van der Waals surface area contributed by atoms with Gasteiger partial charge in [0, 0.05) is 13.2 Å². The summed E-state index contributed by atoms with van der Waals surface area (Å²) in [6, 6.07) is 0. The van der Waals surface area contributed by atoms with Crippen molar-refractivity contribution in [3.05, 3.63) is 0 Å². The summed E-state index contributed by atoms with van der Waals surface area (Å²) < 4.78 is 0. The SMILES string of the molecule is CCCCNC(=O)CNCC(CCC)CCO. The van der Waals surface area contributed by atoms with E-state index in [-0.39, 0.29) is 12.5 Å². The van der Waals surface area contributed by atoms with Gasteiger partial charge in [0.05, 0.1) is 6.54 Å². The van der Waals surface area contributed by atoms with Crippen molar-refractivity contribution in [1.29, 1.82) is 0 Å². The quantitative estimate of drug-likeness (QED) is 0.480. The first kappa shape index (κ1) is 16.4. The van der Waals surface area contributed by atoms with E-state index in [2.05, 4.69) is 24.5 Å². The second-order valence-electron chi connectivity index (χ2n) is 4.50. The number of amides is 1. The summed E-state index contributed by atoms with van der Waals surface area (Å²) in [6.45, 7) is 6.45. The fourth-order valence-corrected chi connectivity index (χ4v) is 1.80. The normalized spacial score (nSPS) is 12.4. The first-order chi connectivity index (χ1) is 8.24. The van der Waals surface area contributed by atoms with E-state index in [1.165, 1.54) is 0 Å². The fourth-order valence-electron chi connectivity index (χ4n) is 1.80. The molecule has 1 atom stereocenters. The van der Waals surface area contributed by atoms with Crippen LogP contribution in [0.4, 0.5) is 0 Å². The molecule has 0 heterocycles. The minimum Gasteiger partial charge on any atom is -0.396 e. The van der Waals surface area contributed by atoms with Crippen molar-refractivity contribution in [1.82, 2.24) is 10.6 Å². The lowest BCUT2D eigenvalue weighted by molar-refractivity contribution is -0.120. The zero-order chi connectivity index (χ0) is 12.9. The van der Waals surface area contributed by atoms with Gasteiger partial charge in [-0.05, 0) is 31.7 Å². The van der Waals surface area contributed by atoms with Crippen LogP contribution in [0.15, 0.2) is 0 Å². The predicted octanol–water partition coefficient (Wildman–Crippen LogP) is 1.29. The van der Waals surface area contributed by atoms with Gasteiger partial charge in [-0.25, -0.2) is 0 Å². The Balaban J connectivity index is 3.54. The number of hydrogen-bond donors (Lipinski definition) is 3. The zero-order valence-corrected chi connectivity index (χ0v) is 11.3. The predicted molar refractivity (Wildman–Crippen MR) is 70.9 cm³/mol.